The van der Waals surface area contributed by atoms with E-state index in [0.29, 0.717) is 16.8 Å². The van der Waals surface area contributed by atoms with Crippen LogP contribution in [-0.4, -0.2) is 59.4 Å². The number of hydrogen-bond acceptors (Lipinski definition) is 3. The Labute approximate surface area is 173 Å². The predicted molar refractivity (Wildman–Crippen MR) is 119 cm³/mol. The summed E-state index contributed by atoms with van der Waals surface area (Å²) in [7, 11) is 2.16. The summed E-state index contributed by atoms with van der Waals surface area (Å²) in [4.78, 5) is 4.81. The summed E-state index contributed by atoms with van der Waals surface area (Å²) < 4.78 is 16.9. The lowest BCUT2D eigenvalue weighted by atomic mass is 9.99. The third kappa shape index (κ3) is 5.11. The SMILES string of the molecule is C=C/C=C(\C=C/C)c1cn(CCN2CCN(C)CC2)nc1-c1cccc(C)c1F. The average molecular weight is 395 g/mol. The van der Waals surface area contributed by atoms with Crippen molar-refractivity contribution in [3.8, 4) is 11.3 Å². The van der Waals surface area contributed by atoms with Gasteiger partial charge in [-0.2, -0.15) is 5.10 Å². The van der Waals surface area contributed by atoms with Crippen LogP contribution in [0.1, 0.15) is 18.1 Å². The van der Waals surface area contributed by atoms with Crippen LogP contribution >= 0.6 is 0 Å². The zero-order chi connectivity index (χ0) is 20.8. The second-order valence-electron chi connectivity index (χ2n) is 7.59. The standard InChI is InChI=1S/C24H31FN4/c1-5-8-20(9-6-2)22-18-29(17-16-28-14-12-27(4)13-15-28)26-24(22)21-11-7-10-19(3)23(21)25/h5-11,18H,1,12-17H2,2-4H3/b9-6-,20-8+. The van der Waals surface area contributed by atoms with E-state index in [4.69, 9.17) is 5.10 Å². The first kappa shape index (κ1) is 21.2. The fourth-order valence-electron chi connectivity index (χ4n) is 3.63. The monoisotopic (exact) mass is 394 g/mol. The molecule has 154 valence electrons. The highest BCUT2D eigenvalue weighted by molar-refractivity contribution is 5.84. The molecule has 29 heavy (non-hydrogen) atoms. The molecule has 4 nitrogen and oxygen atoms in total. The van der Waals surface area contributed by atoms with E-state index in [1.54, 1.807) is 25.1 Å². The van der Waals surface area contributed by atoms with Gasteiger partial charge in [-0.15, -0.1) is 0 Å². The maximum absolute atomic E-state index is 14.9. The van der Waals surface area contributed by atoms with E-state index in [9.17, 15) is 4.39 Å². The van der Waals surface area contributed by atoms with Crippen molar-refractivity contribution in [2.45, 2.75) is 20.4 Å². The zero-order valence-electron chi connectivity index (χ0n) is 17.7. The number of piperazine rings is 1. The number of allylic oxidation sites excluding steroid dienone is 5. The summed E-state index contributed by atoms with van der Waals surface area (Å²) in [6.45, 7) is 13.6. The Morgan fingerprint density at radius 3 is 2.66 bits per heavy atom. The van der Waals surface area contributed by atoms with Gasteiger partial charge in [0.2, 0.25) is 0 Å². The van der Waals surface area contributed by atoms with Gasteiger partial charge in [0.1, 0.15) is 11.5 Å². The van der Waals surface area contributed by atoms with Gasteiger partial charge in [-0.05, 0) is 38.1 Å². The van der Waals surface area contributed by atoms with Gasteiger partial charge in [-0.25, -0.2) is 4.39 Å². The van der Waals surface area contributed by atoms with Crippen LogP contribution in [0.2, 0.25) is 0 Å². The van der Waals surface area contributed by atoms with E-state index in [2.05, 4.69) is 23.4 Å². The van der Waals surface area contributed by atoms with E-state index in [1.807, 2.05) is 42.1 Å². The van der Waals surface area contributed by atoms with E-state index < -0.39 is 0 Å². The molecule has 0 unspecified atom stereocenters. The molecule has 0 amide bonds. The number of hydrogen-bond donors (Lipinski definition) is 0. The molecule has 0 saturated carbocycles. The maximum atomic E-state index is 14.9. The normalized spacial score (nSPS) is 16.6. The molecule has 1 aliphatic rings. The molecule has 0 aliphatic carbocycles. The second kappa shape index (κ2) is 9.81. The summed E-state index contributed by atoms with van der Waals surface area (Å²) in [5, 5.41) is 4.80. The van der Waals surface area contributed by atoms with Crippen LogP contribution in [0.3, 0.4) is 0 Å². The third-order valence-electron chi connectivity index (χ3n) is 5.40. The predicted octanol–water partition coefficient (Wildman–Crippen LogP) is 4.39. The van der Waals surface area contributed by atoms with E-state index in [-0.39, 0.29) is 5.82 Å². The summed E-state index contributed by atoms with van der Waals surface area (Å²) >= 11 is 0. The first-order chi connectivity index (χ1) is 14.0. The molecule has 1 aromatic heterocycles. The molecule has 3 rings (SSSR count). The van der Waals surface area contributed by atoms with Gasteiger partial charge in [0.05, 0.1) is 6.54 Å². The number of benzene rings is 1. The van der Waals surface area contributed by atoms with E-state index in [1.165, 1.54) is 0 Å². The van der Waals surface area contributed by atoms with Crippen LogP contribution in [0, 0.1) is 12.7 Å². The number of rotatable bonds is 7. The van der Waals surface area contributed by atoms with E-state index in [0.717, 1.165) is 50.4 Å². The van der Waals surface area contributed by atoms with Crippen molar-refractivity contribution in [3.63, 3.8) is 0 Å². The van der Waals surface area contributed by atoms with E-state index >= 15 is 0 Å². The van der Waals surface area contributed by atoms with Crippen LogP contribution < -0.4 is 0 Å². The number of halogens is 1. The van der Waals surface area contributed by atoms with Gasteiger partial charge in [0.15, 0.2) is 0 Å². The third-order valence-corrected chi connectivity index (χ3v) is 5.40. The van der Waals surface area contributed by atoms with Crippen LogP contribution in [0.5, 0.6) is 0 Å². The van der Waals surface area contributed by atoms with Crippen LogP contribution in [-0.2, 0) is 6.54 Å². The summed E-state index contributed by atoms with van der Waals surface area (Å²) in [6.07, 6.45) is 9.73. The molecule has 1 aromatic carbocycles. The van der Waals surface area contributed by atoms with Crippen molar-refractivity contribution in [2.75, 3.05) is 39.8 Å². The van der Waals surface area contributed by atoms with Crippen molar-refractivity contribution in [1.29, 1.82) is 0 Å². The summed E-state index contributed by atoms with van der Waals surface area (Å²) in [5.41, 5.74) is 3.74. The molecule has 2 aromatic rings. The summed E-state index contributed by atoms with van der Waals surface area (Å²) in [5.74, 6) is -0.212. The lowest BCUT2D eigenvalue weighted by Gasteiger charge is -2.32. The smallest absolute Gasteiger partial charge is 0.135 e. The number of likely N-dealkylation sites (N-methyl/N-ethyl adjacent to an activating group) is 1. The number of nitrogens with zero attached hydrogens (tertiary/aromatic N) is 4. The van der Waals surface area contributed by atoms with Gasteiger partial charge in [-0.1, -0.05) is 43.0 Å². The first-order valence-electron chi connectivity index (χ1n) is 10.2. The Kier molecular flexibility index (Phi) is 7.18. The van der Waals surface area contributed by atoms with Gasteiger partial charge in [0.25, 0.3) is 0 Å². The zero-order valence-corrected chi connectivity index (χ0v) is 17.7. The molecule has 0 N–H and O–H groups in total. The van der Waals surface area contributed by atoms with Gasteiger partial charge in [0, 0.05) is 50.0 Å². The van der Waals surface area contributed by atoms with Crippen LogP contribution in [0.25, 0.3) is 16.8 Å². The average Bonchev–Trinajstić information content (AvgIpc) is 3.13. The molecule has 0 spiro atoms. The van der Waals surface area contributed by atoms with Crippen molar-refractivity contribution in [1.82, 2.24) is 19.6 Å². The Hall–Kier alpha value is -2.50. The molecule has 0 bridgehead atoms. The van der Waals surface area contributed by atoms with Crippen LogP contribution in [0.15, 0.2) is 55.3 Å². The van der Waals surface area contributed by atoms with Crippen molar-refractivity contribution in [2.24, 2.45) is 0 Å². The molecule has 1 fully saturated rings. The first-order valence-corrected chi connectivity index (χ1v) is 10.2. The quantitative estimate of drug-likeness (QED) is 0.651. The largest absolute Gasteiger partial charge is 0.304 e. The summed E-state index contributed by atoms with van der Waals surface area (Å²) in [6, 6.07) is 5.48. The highest BCUT2D eigenvalue weighted by Crippen LogP contribution is 2.31. The molecule has 1 aliphatic heterocycles. The Morgan fingerprint density at radius 2 is 1.97 bits per heavy atom. The number of aryl methyl sites for hydroxylation is 1. The second-order valence-corrected chi connectivity index (χ2v) is 7.59. The molecular formula is C24H31FN4. The lowest BCUT2D eigenvalue weighted by Crippen LogP contribution is -2.45. The van der Waals surface area contributed by atoms with Gasteiger partial charge < -0.3 is 4.90 Å². The van der Waals surface area contributed by atoms with Crippen molar-refractivity contribution in [3.05, 3.63) is 72.2 Å². The highest BCUT2D eigenvalue weighted by Gasteiger charge is 2.19. The molecular weight excluding hydrogens is 363 g/mol. The highest BCUT2D eigenvalue weighted by atomic mass is 19.1. The lowest BCUT2D eigenvalue weighted by molar-refractivity contribution is 0.149. The van der Waals surface area contributed by atoms with Gasteiger partial charge in [-0.3, -0.25) is 9.58 Å². The molecule has 5 heteroatoms. The topological polar surface area (TPSA) is 24.3 Å². The maximum Gasteiger partial charge on any atom is 0.135 e. The van der Waals surface area contributed by atoms with Crippen LogP contribution in [0.4, 0.5) is 4.39 Å². The fourth-order valence-corrected chi connectivity index (χ4v) is 3.63. The molecule has 0 atom stereocenters. The Morgan fingerprint density at radius 1 is 1.21 bits per heavy atom. The van der Waals surface area contributed by atoms with Crippen molar-refractivity contribution >= 4 is 5.57 Å². The molecule has 0 radical (unpaired) electrons. The minimum absolute atomic E-state index is 0.212. The Bertz CT molecular complexity index is 902. The van der Waals surface area contributed by atoms with Gasteiger partial charge >= 0.3 is 0 Å². The fraction of sp³-hybridized carbons (Fsp3) is 0.375. The Balaban J connectivity index is 1.94. The number of aromatic nitrogens is 2. The molecule has 1 saturated heterocycles. The molecule has 2 heterocycles. The minimum atomic E-state index is -0.212. The van der Waals surface area contributed by atoms with Crippen molar-refractivity contribution < 1.29 is 4.39 Å². The minimum Gasteiger partial charge on any atom is -0.304 e.